The van der Waals surface area contributed by atoms with Gasteiger partial charge in [0, 0.05) is 25.2 Å². The molecule has 1 aromatic rings. The van der Waals surface area contributed by atoms with Gasteiger partial charge in [-0.3, -0.25) is 0 Å². The lowest BCUT2D eigenvalue weighted by molar-refractivity contribution is 0.284. The maximum Gasteiger partial charge on any atom is 0.0388 e. The number of fused-ring (bicyclic) bond motifs is 1. The van der Waals surface area contributed by atoms with E-state index in [0.29, 0.717) is 5.54 Å². The van der Waals surface area contributed by atoms with Crippen LogP contribution in [-0.2, 0) is 12.8 Å². The molecule has 2 aliphatic rings. The van der Waals surface area contributed by atoms with Crippen LogP contribution in [0.25, 0.3) is 0 Å². The molecule has 3 rings (SSSR count). The van der Waals surface area contributed by atoms with E-state index >= 15 is 0 Å². The van der Waals surface area contributed by atoms with Crippen molar-refractivity contribution in [1.82, 2.24) is 10.6 Å². The minimum Gasteiger partial charge on any atom is -0.314 e. The molecular weight excluding hydrogens is 172 g/mol. The Balaban J connectivity index is 1.89. The molecule has 1 saturated heterocycles. The molecule has 0 bridgehead atoms. The molecule has 0 saturated carbocycles. The second-order valence-corrected chi connectivity index (χ2v) is 4.51. The predicted molar refractivity (Wildman–Crippen MR) is 57.5 cm³/mol. The van der Waals surface area contributed by atoms with Crippen LogP contribution < -0.4 is 10.6 Å². The predicted octanol–water partition coefficient (Wildman–Crippen LogP) is 0.717. The molecule has 1 aliphatic heterocycles. The summed E-state index contributed by atoms with van der Waals surface area (Å²) in [6, 6.07) is 8.82. The second-order valence-electron chi connectivity index (χ2n) is 4.51. The fourth-order valence-electron chi connectivity index (χ4n) is 2.75. The molecule has 0 amide bonds. The second kappa shape index (κ2) is 3.07. The van der Waals surface area contributed by atoms with E-state index in [1.807, 2.05) is 0 Å². The van der Waals surface area contributed by atoms with Crippen LogP contribution in [-0.4, -0.2) is 25.2 Å². The van der Waals surface area contributed by atoms with E-state index in [4.69, 9.17) is 0 Å². The Morgan fingerprint density at radius 2 is 1.71 bits per heavy atom. The van der Waals surface area contributed by atoms with Crippen molar-refractivity contribution in [2.45, 2.75) is 18.4 Å². The Morgan fingerprint density at radius 1 is 1.00 bits per heavy atom. The lowest BCUT2D eigenvalue weighted by atomic mass is 9.94. The van der Waals surface area contributed by atoms with Crippen molar-refractivity contribution in [3.8, 4) is 0 Å². The van der Waals surface area contributed by atoms with Gasteiger partial charge in [0.2, 0.25) is 0 Å². The maximum absolute atomic E-state index is 3.68. The fraction of sp³-hybridized carbons (Fsp3) is 0.500. The SMILES string of the molecule is c1ccc2c(c1)CC1(CNCCN1)C2. The third kappa shape index (κ3) is 1.26. The van der Waals surface area contributed by atoms with Gasteiger partial charge in [-0.15, -0.1) is 0 Å². The quantitative estimate of drug-likeness (QED) is 0.627. The van der Waals surface area contributed by atoms with Gasteiger partial charge >= 0.3 is 0 Å². The Labute approximate surface area is 84.7 Å². The summed E-state index contributed by atoms with van der Waals surface area (Å²) in [5.41, 5.74) is 3.38. The van der Waals surface area contributed by atoms with E-state index in [1.165, 1.54) is 24.0 Å². The average Bonchev–Trinajstić information content (AvgIpc) is 2.56. The van der Waals surface area contributed by atoms with Crippen LogP contribution in [0.5, 0.6) is 0 Å². The van der Waals surface area contributed by atoms with Crippen LogP contribution in [0.3, 0.4) is 0 Å². The first-order valence-electron chi connectivity index (χ1n) is 5.41. The third-order valence-corrected chi connectivity index (χ3v) is 3.44. The summed E-state index contributed by atoms with van der Waals surface area (Å²) in [6.07, 6.45) is 2.38. The lowest BCUT2D eigenvalue weighted by Crippen LogP contribution is -2.59. The number of nitrogens with one attached hydrogen (secondary N) is 2. The van der Waals surface area contributed by atoms with Crippen molar-refractivity contribution in [1.29, 1.82) is 0 Å². The van der Waals surface area contributed by atoms with Gasteiger partial charge in [-0.25, -0.2) is 0 Å². The molecule has 1 heterocycles. The van der Waals surface area contributed by atoms with Crippen molar-refractivity contribution in [3.63, 3.8) is 0 Å². The van der Waals surface area contributed by atoms with E-state index < -0.39 is 0 Å². The molecular formula is C12H16N2. The van der Waals surface area contributed by atoms with E-state index in [1.54, 1.807) is 0 Å². The molecule has 14 heavy (non-hydrogen) atoms. The number of rotatable bonds is 0. The largest absolute Gasteiger partial charge is 0.314 e. The summed E-state index contributed by atoms with van der Waals surface area (Å²) in [6.45, 7) is 3.33. The highest BCUT2D eigenvalue weighted by Gasteiger charge is 2.37. The van der Waals surface area contributed by atoms with E-state index in [2.05, 4.69) is 34.9 Å². The van der Waals surface area contributed by atoms with E-state index in [9.17, 15) is 0 Å². The Morgan fingerprint density at radius 3 is 2.29 bits per heavy atom. The molecule has 1 aliphatic carbocycles. The number of piperazine rings is 1. The standard InChI is InChI=1S/C12H16N2/c1-2-4-11-8-12(7-10(11)3-1)9-13-5-6-14-12/h1-4,13-14H,5-9H2. The van der Waals surface area contributed by atoms with Gasteiger partial charge in [0.1, 0.15) is 0 Å². The van der Waals surface area contributed by atoms with E-state index in [-0.39, 0.29) is 0 Å². The summed E-state index contributed by atoms with van der Waals surface area (Å²) < 4.78 is 0. The Hall–Kier alpha value is -0.860. The minimum atomic E-state index is 0.321. The highest BCUT2D eigenvalue weighted by molar-refractivity contribution is 5.36. The topological polar surface area (TPSA) is 24.1 Å². The first-order chi connectivity index (χ1) is 6.88. The highest BCUT2D eigenvalue weighted by Crippen LogP contribution is 2.30. The summed E-state index contributed by atoms with van der Waals surface area (Å²) in [5, 5.41) is 7.17. The van der Waals surface area contributed by atoms with Gasteiger partial charge in [0.15, 0.2) is 0 Å². The van der Waals surface area contributed by atoms with Gasteiger partial charge in [-0.05, 0) is 24.0 Å². The monoisotopic (exact) mass is 188 g/mol. The van der Waals surface area contributed by atoms with Crippen LogP contribution in [0.15, 0.2) is 24.3 Å². The van der Waals surface area contributed by atoms with Crippen LogP contribution in [0.4, 0.5) is 0 Å². The fourth-order valence-corrected chi connectivity index (χ4v) is 2.75. The normalized spacial score (nSPS) is 23.7. The zero-order chi connectivity index (χ0) is 9.43. The molecule has 2 nitrogen and oxygen atoms in total. The molecule has 0 aromatic heterocycles. The van der Waals surface area contributed by atoms with Gasteiger partial charge in [0.25, 0.3) is 0 Å². The van der Waals surface area contributed by atoms with Crippen LogP contribution in [0, 0.1) is 0 Å². The van der Waals surface area contributed by atoms with Gasteiger partial charge in [-0.2, -0.15) is 0 Å². The summed E-state index contributed by atoms with van der Waals surface area (Å²) in [4.78, 5) is 0. The molecule has 2 heteroatoms. The molecule has 0 atom stereocenters. The molecule has 1 aromatic carbocycles. The number of benzene rings is 1. The highest BCUT2D eigenvalue weighted by atomic mass is 15.1. The first-order valence-corrected chi connectivity index (χ1v) is 5.41. The summed E-state index contributed by atoms with van der Waals surface area (Å²) in [5.74, 6) is 0. The van der Waals surface area contributed by atoms with Crippen molar-refractivity contribution in [3.05, 3.63) is 35.4 Å². The van der Waals surface area contributed by atoms with Crippen LogP contribution in [0.1, 0.15) is 11.1 Å². The summed E-state index contributed by atoms with van der Waals surface area (Å²) >= 11 is 0. The maximum atomic E-state index is 3.68. The molecule has 1 spiro atoms. The lowest BCUT2D eigenvalue weighted by Gasteiger charge is -2.35. The van der Waals surface area contributed by atoms with Crippen molar-refractivity contribution < 1.29 is 0 Å². The van der Waals surface area contributed by atoms with E-state index in [0.717, 1.165) is 19.6 Å². The molecule has 0 radical (unpaired) electrons. The zero-order valence-corrected chi connectivity index (χ0v) is 8.34. The zero-order valence-electron chi connectivity index (χ0n) is 8.34. The van der Waals surface area contributed by atoms with Gasteiger partial charge in [-0.1, -0.05) is 24.3 Å². The minimum absolute atomic E-state index is 0.321. The van der Waals surface area contributed by atoms with Crippen molar-refractivity contribution in [2.75, 3.05) is 19.6 Å². The third-order valence-electron chi connectivity index (χ3n) is 3.44. The van der Waals surface area contributed by atoms with Crippen LogP contribution in [0.2, 0.25) is 0 Å². The molecule has 0 unspecified atom stereocenters. The van der Waals surface area contributed by atoms with Crippen molar-refractivity contribution >= 4 is 0 Å². The molecule has 2 N–H and O–H groups in total. The Kier molecular flexibility index (Phi) is 1.85. The Bertz CT molecular complexity index is 313. The smallest absolute Gasteiger partial charge is 0.0388 e. The van der Waals surface area contributed by atoms with Gasteiger partial charge < -0.3 is 10.6 Å². The first kappa shape index (κ1) is 8.45. The van der Waals surface area contributed by atoms with Crippen LogP contribution >= 0.6 is 0 Å². The molecule has 74 valence electrons. The van der Waals surface area contributed by atoms with Crippen molar-refractivity contribution in [2.24, 2.45) is 0 Å². The number of hydrogen-bond acceptors (Lipinski definition) is 2. The number of hydrogen-bond donors (Lipinski definition) is 2. The molecule has 1 fully saturated rings. The van der Waals surface area contributed by atoms with Gasteiger partial charge in [0.05, 0.1) is 0 Å². The summed E-state index contributed by atoms with van der Waals surface area (Å²) in [7, 11) is 0. The average molecular weight is 188 g/mol.